The number of carbonyl (C=O) groups is 1. The Balaban J connectivity index is 2.20. The van der Waals surface area contributed by atoms with Crippen molar-refractivity contribution in [1.82, 2.24) is 0 Å². The van der Waals surface area contributed by atoms with Crippen LogP contribution in [0.4, 0.5) is 0 Å². The van der Waals surface area contributed by atoms with Crippen molar-refractivity contribution in [2.75, 3.05) is 5.88 Å². The lowest BCUT2D eigenvalue weighted by atomic mass is 10.0. The summed E-state index contributed by atoms with van der Waals surface area (Å²) in [6.45, 7) is 0. The fourth-order valence-electron chi connectivity index (χ4n) is 1.53. The number of hydrogen-bond donors (Lipinski definition) is 2. The Morgan fingerprint density at radius 2 is 2.21 bits per heavy atom. The van der Waals surface area contributed by atoms with Gasteiger partial charge in [0.05, 0.1) is 12.2 Å². The Hall–Kier alpha value is -0.320. The minimum absolute atomic E-state index is 0.113. The van der Waals surface area contributed by atoms with Crippen molar-refractivity contribution in [3.8, 4) is 0 Å². The molecule has 3 atom stereocenters. The molecule has 82 valence electrons. The highest BCUT2D eigenvalue weighted by Crippen LogP contribution is 2.19. The number of hydrogen-bond acceptors (Lipinski definition) is 4. The molecule has 1 fully saturated rings. The molecule has 0 saturated carbocycles. The van der Waals surface area contributed by atoms with Gasteiger partial charge in [0.1, 0.15) is 6.10 Å². The van der Waals surface area contributed by atoms with E-state index in [9.17, 15) is 9.90 Å². The zero-order chi connectivity index (χ0) is 10.6. The van der Waals surface area contributed by atoms with Gasteiger partial charge in [-0.05, 0) is 6.42 Å². The zero-order valence-corrected chi connectivity index (χ0v) is 8.61. The van der Waals surface area contributed by atoms with Crippen LogP contribution in [-0.2, 0) is 9.53 Å². The highest BCUT2D eigenvalue weighted by Gasteiger charge is 2.26. The topological polar surface area (TPSA) is 66.8 Å². The van der Waals surface area contributed by atoms with Crippen LogP contribution in [0.3, 0.4) is 0 Å². The van der Waals surface area contributed by atoms with E-state index in [1.165, 1.54) is 0 Å². The first kappa shape index (κ1) is 11.8. The minimum Gasteiger partial charge on any atom is -0.462 e. The molecular formula is C9H15ClO4. The molecule has 5 heteroatoms. The molecule has 0 spiro atoms. The molecule has 0 aliphatic carbocycles. The monoisotopic (exact) mass is 222 g/mol. The summed E-state index contributed by atoms with van der Waals surface area (Å²) < 4.78 is 4.93. The molecule has 1 saturated heterocycles. The van der Waals surface area contributed by atoms with Crippen LogP contribution in [0, 0.1) is 0 Å². The maximum Gasteiger partial charge on any atom is 0.306 e. The molecule has 0 bridgehead atoms. The van der Waals surface area contributed by atoms with E-state index in [0.717, 1.165) is 0 Å². The number of carbonyl (C=O) groups excluding carboxylic acids is 1. The first-order valence-corrected chi connectivity index (χ1v) is 5.27. The van der Waals surface area contributed by atoms with Crippen molar-refractivity contribution in [2.45, 2.75) is 44.0 Å². The Labute approximate surface area is 87.8 Å². The van der Waals surface area contributed by atoms with Crippen molar-refractivity contribution in [2.24, 2.45) is 0 Å². The maximum atomic E-state index is 10.7. The molecule has 14 heavy (non-hydrogen) atoms. The van der Waals surface area contributed by atoms with Crippen LogP contribution in [-0.4, -0.2) is 40.4 Å². The number of aliphatic hydroxyl groups excluding tert-OH is 2. The van der Waals surface area contributed by atoms with Crippen molar-refractivity contribution in [1.29, 1.82) is 0 Å². The highest BCUT2D eigenvalue weighted by molar-refractivity contribution is 6.18. The first-order chi connectivity index (χ1) is 6.61. The fraction of sp³-hybridized carbons (Fsp3) is 0.889. The summed E-state index contributed by atoms with van der Waals surface area (Å²) in [6, 6.07) is 0. The van der Waals surface area contributed by atoms with Crippen LogP contribution in [0.2, 0.25) is 0 Å². The van der Waals surface area contributed by atoms with Gasteiger partial charge in [-0.3, -0.25) is 4.79 Å². The summed E-state index contributed by atoms with van der Waals surface area (Å²) in [7, 11) is 0. The van der Waals surface area contributed by atoms with Gasteiger partial charge >= 0.3 is 5.97 Å². The summed E-state index contributed by atoms with van der Waals surface area (Å²) in [5, 5.41) is 18.6. The van der Waals surface area contributed by atoms with Crippen molar-refractivity contribution in [3.63, 3.8) is 0 Å². The van der Waals surface area contributed by atoms with Gasteiger partial charge in [-0.2, -0.15) is 0 Å². The summed E-state index contributed by atoms with van der Waals surface area (Å²) in [6.07, 6.45) is 0.169. The summed E-state index contributed by atoms with van der Waals surface area (Å²) >= 11 is 5.39. The van der Waals surface area contributed by atoms with Crippen LogP contribution in [0.5, 0.6) is 0 Å². The quantitative estimate of drug-likeness (QED) is 0.523. The number of esters is 1. The largest absolute Gasteiger partial charge is 0.462 e. The zero-order valence-electron chi connectivity index (χ0n) is 7.86. The second kappa shape index (κ2) is 5.53. The van der Waals surface area contributed by atoms with E-state index in [1.54, 1.807) is 0 Å². The van der Waals surface area contributed by atoms with E-state index in [1.807, 2.05) is 0 Å². The summed E-state index contributed by atoms with van der Waals surface area (Å²) in [4.78, 5) is 10.7. The number of aliphatic hydroxyl groups is 2. The lowest BCUT2D eigenvalue weighted by molar-refractivity contribution is -0.142. The van der Waals surface area contributed by atoms with Gasteiger partial charge in [-0.15, -0.1) is 11.6 Å². The number of cyclic esters (lactones) is 1. The van der Waals surface area contributed by atoms with Crippen molar-refractivity contribution < 1.29 is 19.7 Å². The van der Waals surface area contributed by atoms with Crippen LogP contribution < -0.4 is 0 Å². The van der Waals surface area contributed by atoms with Crippen molar-refractivity contribution >= 4 is 17.6 Å². The molecule has 1 heterocycles. The molecule has 0 aromatic heterocycles. The van der Waals surface area contributed by atoms with Gasteiger partial charge in [-0.1, -0.05) is 0 Å². The van der Waals surface area contributed by atoms with Gasteiger partial charge in [0, 0.05) is 25.1 Å². The van der Waals surface area contributed by atoms with Gasteiger partial charge in [0.2, 0.25) is 0 Å². The van der Waals surface area contributed by atoms with E-state index < -0.39 is 12.2 Å². The third-order valence-corrected chi connectivity index (χ3v) is 2.58. The predicted molar refractivity (Wildman–Crippen MR) is 51.1 cm³/mol. The Kier molecular flexibility index (Phi) is 4.65. The van der Waals surface area contributed by atoms with Gasteiger partial charge in [0.15, 0.2) is 0 Å². The average molecular weight is 223 g/mol. The third kappa shape index (κ3) is 3.82. The van der Waals surface area contributed by atoms with E-state index in [4.69, 9.17) is 21.4 Å². The van der Waals surface area contributed by atoms with Gasteiger partial charge in [0.25, 0.3) is 0 Å². The molecule has 0 aromatic rings. The van der Waals surface area contributed by atoms with E-state index in [-0.39, 0.29) is 24.4 Å². The predicted octanol–water partition coefficient (Wildman–Crippen LogP) is 0.433. The van der Waals surface area contributed by atoms with Crippen LogP contribution >= 0.6 is 11.6 Å². The van der Waals surface area contributed by atoms with E-state index >= 15 is 0 Å². The second-order valence-corrected chi connectivity index (χ2v) is 3.89. The molecule has 0 amide bonds. The lowest BCUT2D eigenvalue weighted by Gasteiger charge is -2.16. The molecule has 1 rings (SSSR count). The molecule has 4 nitrogen and oxygen atoms in total. The molecule has 1 aliphatic heterocycles. The summed E-state index contributed by atoms with van der Waals surface area (Å²) in [5.41, 5.74) is 0. The molecular weight excluding hydrogens is 208 g/mol. The second-order valence-electron chi connectivity index (χ2n) is 3.58. The van der Waals surface area contributed by atoms with Crippen LogP contribution in [0.1, 0.15) is 25.7 Å². The van der Waals surface area contributed by atoms with Gasteiger partial charge in [-0.25, -0.2) is 0 Å². The smallest absolute Gasteiger partial charge is 0.306 e. The molecule has 0 radical (unpaired) electrons. The Morgan fingerprint density at radius 1 is 1.50 bits per heavy atom. The normalized spacial score (nSPS) is 25.9. The summed E-state index contributed by atoms with van der Waals surface area (Å²) in [5.74, 6) is -0.0956. The van der Waals surface area contributed by atoms with Gasteiger partial charge < -0.3 is 14.9 Å². The minimum atomic E-state index is -0.691. The van der Waals surface area contributed by atoms with Crippen LogP contribution in [0.15, 0.2) is 0 Å². The van der Waals surface area contributed by atoms with E-state index in [0.29, 0.717) is 19.3 Å². The molecule has 0 unspecified atom stereocenters. The number of rotatable bonds is 5. The van der Waals surface area contributed by atoms with E-state index in [2.05, 4.69) is 0 Å². The van der Waals surface area contributed by atoms with Crippen LogP contribution in [0.25, 0.3) is 0 Å². The number of alkyl halides is 1. The number of halogens is 1. The Morgan fingerprint density at radius 3 is 2.71 bits per heavy atom. The molecule has 1 aliphatic rings. The average Bonchev–Trinajstić information content (AvgIpc) is 2.50. The first-order valence-electron chi connectivity index (χ1n) is 4.73. The van der Waals surface area contributed by atoms with Crippen molar-refractivity contribution in [3.05, 3.63) is 0 Å². The number of ether oxygens (including phenoxy) is 1. The SMILES string of the molecule is O=C1CC[C@H](C[C@H](O)C[C@@H](O)CCl)O1. The lowest BCUT2D eigenvalue weighted by Crippen LogP contribution is -2.23. The maximum absolute atomic E-state index is 10.7. The third-order valence-electron chi connectivity index (χ3n) is 2.23. The standard InChI is InChI=1S/C9H15ClO4/c10-5-7(12)3-6(11)4-8-1-2-9(13)14-8/h6-8,11-12H,1-5H2/t6-,7-,8-/m1/s1. The molecule has 0 aromatic carbocycles. The Bertz CT molecular complexity index is 197. The highest BCUT2D eigenvalue weighted by atomic mass is 35.5. The fourth-order valence-corrected chi connectivity index (χ4v) is 1.65. The molecule has 2 N–H and O–H groups in total.